The summed E-state index contributed by atoms with van der Waals surface area (Å²) in [5, 5.41) is 15.2. The first-order valence-corrected chi connectivity index (χ1v) is 10.1. The molecule has 0 bridgehead atoms. The molecule has 2 amide bonds. The van der Waals surface area contributed by atoms with Gasteiger partial charge in [-0.25, -0.2) is 0 Å². The quantitative estimate of drug-likeness (QED) is 0.664. The molecule has 160 valence electrons. The van der Waals surface area contributed by atoms with Crippen molar-refractivity contribution in [3.63, 3.8) is 0 Å². The van der Waals surface area contributed by atoms with Crippen molar-refractivity contribution in [1.29, 1.82) is 0 Å². The molecule has 0 atom stereocenters. The molecule has 2 heterocycles. The zero-order chi connectivity index (χ0) is 21.5. The summed E-state index contributed by atoms with van der Waals surface area (Å²) in [4.78, 5) is 27.2. The van der Waals surface area contributed by atoms with Gasteiger partial charge in [-0.1, -0.05) is 17.7 Å². The lowest BCUT2D eigenvalue weighted by atomic mass is 10.1. The number of amides is 2. The Labute approximate surface area is 180 Å². The number of likely N-dealkylation sites (tertiary alicyclic amines) is 1. The summed E-state index contributed by atoms with van der Waals surface area (Å²) in [6, 6.07) is 5.48. The number of benzene rings is 1. The van der Waals surface area contributed by atoms with E-state index >= 15 is 0 Å². The Kier molecular flexibility index (Phi) is 7.53. The largest absolute Gasteiger partial charge is 0.368 e. The minimum Gasteiger partial charge on any atom is -0.368 e. The number of rotatable bonds is 7. The highest BCUT2D eigenvalue weighted by Gasteiger charge is 2.22. The van der Waals surface area contributed by atoms with E-state index in [0.29, 0.717) is 43.3 Å². The van der Waals surface area contributed by atoms with Crippen molar-refractivity contribution in [2.45, 2.75) is 32.4 Å². The Balaban J connectivity index is 1.58. The van der Waals surface area contributed by atoms with Crippen LogP contribution in [0.1, 0.15) is 29.8 Å². The van der Waals surface area contributed by atoms with Crippen LogP contribution in [0.15, 0.2) is 24.3 Å². The first-order chi connectivity index (χ1) is 14.4. The highest BCUT2D eigenvalue weighted by atomic mass is 35.5. The molecule has 1 aliphatic rings. The molecule has 1 saturated heterocycles. The third-order valence-electron chi connectivity index (χ3n) is 4.86. The van der Waals surface area contributed by atoms with Gasteiger partial charge in [0.15, 0.2) is 5.82 Å². The van der Waals surface area contributed by atoms with E-state index in [-0.39, 0.29) is 24.5 Å². The van der Waals surface area contributed by atoms with E-state index in [1.54, 1.807) is 37.1 Å². The molecule has 0 radical (unpaired) electrons. The molecule has 1 aliphatic heterocycles. The standard InChI is InChI=1S/C20H25ClN6O3/c1-14-23-25-27(24-14)12-16-11-17(21)5-3-15(16)4-6-20(29)26-9-7-18(8-10-26)30-13-19(28)22-2/h3-6,11,18H,7-10,12-13H2,1-2H3,(H,22,28)/b6-4+. The molecule has 30 heavy (non-hydrogen) atoms. The Bertz CT molecular complexity index is 921. The summed E-state index contributed by atoms with van der Waals surface area (Å²) in [5.74, 6) is 0.383. The predicted molar refractivity (Wildman–Crippen MR) is 112 cm³/mol. The molecule has 0 spiro atoms. The van der Waals surface area contributed by atoms with Crippen molar-refractivity contribution in [1.82, 2.24) is 30.4 Å². The minimum absolute atomic E-state index is 0.00293. The van der Waals surface area contributed by atoms with Crippen molar-refractivity contribution in [2.24, 2.45) is 0 Å². The van der Waals surface area contributed by atoms with Crippen LogP contribution in [0.2, 0.25) is 5.02 Å². The monoisotopic (exact) mass is 432 g/mol. The molecule has 10 heteroatoms. The van der Waals surface area contributed by atoms with Crippen LogP contribution >= 0.6 is 11.6 Å². The smallest absolute Gasteiger partial charge is 0.246 e. The van der Waals surface area contributed by atoms with E-state index in [0.717, 1.165) is 11.1 Å². The molecule has 1 aromatic heterocycles. The van der Waals surface area contributed by atoms with Gasteiger partial charge in [0.1, 0.15) is 6.61 Å². The number of nitrogens with one attached hydrogen (secondary N) is 1. The zero-order valence-electron chi connectivity index (χ0n) is 17.0. The van der Waals surface area contributed by atoms with E-state index < -0.39 is 0 Å². The van der Waals surface area contributed by atoms with E-state index in [4.69, 9.17) is 16.3 Å². The summed E-state index contributed by atoms with van der Waals surface area (Å²) in [7, 11) is 1.58. The van der Waals surface area contributed by atoms with Gasteiger partial charge in [-0.3, -0.25) is 9.59 Å². The molecule has 1 fully saturated rings. The number of halogens is 1. The number of likely N-dealkylation sites (N-methyl/N-ethyl adjacent to an activating group) is 1. The van der Waals surface area contributed by atoms with Gasteiger partial charge in [0.25, 0.3) is 0 Å². The summed E-state index contributed by atoms with van der Waals surface area (Å²) >= 11 is 6.14. The van der Waals surface area contributed by atoms with E-state index in [9.17, 15) is 9.59 Å². The second-order valence-corrected chi connectivity index (χ2v) is 7.49. The van der Waals surface area contributed by atoms with Gasteiger partial charge in [-0.05, 0) is 54.3 Å². The average molecular weight is 433 g/mol. The van der Waals surface area contributed by atoms with Crippen LogP contribution in [0.4, 0.5) is 0 Å². The first-order valence-electron chi connectivity index (χ1n) is 9.76. The fourth-order valence-electron chi connectivity index (χ4n) is 3.19. The van der Waals surface area contributed by atoms with Gasteiger partial charge in [0, 0.05) is 31.2 Å². The molecule has 0 unspecified atom stereocenters. The maximum Gasteiger partial charge on any atom is 0.246 e. The number of hydrogen-bond donors (Lipinski definition) is 1. The third kappa shape index (κ3) is 6.11. The Morgan fingerprint density at radius 3 is 2.77 bits per heavy atom. The molecular weight excluding hydrogens is 408 g/mol. The lowest BCUT2D eigenvalue weighted by Gasteiger charge is -2.31. The molecule has 9 nitrogen and oxygen atoms in total. The molecule has 3 rings (SSSR count). The Morgan fingerprint density at radius 2 is 2.10 bits per heavy atom. The van der Waals surface area contributed by atoms with Gasteiger partial charge in [-0.15, -0.1) is 10.2 Å². The molecular formula is C20H25ClN6O3. The Morgan fingerprint density at radius 1 is 1.33 bits per heavy atom. The number of piperidine rings is 1. The normalized spacial score (nSPS) is 15.0. The summed E-state index contributed by atoms with van der Waals surface area (Å²) in [6.45, 7) is 3.42. The zero-order valence-corrected chi connectivity index (χ0v) is 17.8. The highest BCUT2D eigenvalue weighted by molar-refractivity contribution is 6.30. The molecule has 1 aromatic carbocycles. The summed E-state index contributed by atoms with van der Waals surface area (Å²) in [6.07, 6.45) is 4.77. The van der Waals surface area contributed by atoms with Crippen molar-refractivity contribution < 1.29 is 14.3 Å². The average Bonchev–Trinajstić information content (AvgIpc) is 3.16. The number of carbonyl (C=O) groups is 2. The van der Waals surface area contributed by atoms with Crippen molar-refractivity contribution in [3.8, 4) is 0 Å². The topological polar surface area (TPSA) is 102 Å². The first kappa shape index (κ1) is 21.9. The second kappa shape index (κ2) is 10.3. The fourth-order valence-corrected chi connectivity index (χ4v) is 3.39. The lowest BCUT2D eigenvalue weighted by Crippen LogP contribution is -2.41. The van der Waals surface area contributed by atoms with E-state index in [1.807, 2.05) is 12.1 Å². The Hall–Kier alpha value is -2.78. The molecule has 2 aromatic rings. The molecule has 1 N–H and O–H groups in total. The number of ether oxygens (including phenoxy) is 1. The van der Waals surface area contributed by atoms with Gasteiger partial charge >= 0.3 is 0 Å². The third-order valence-corrected chi connectivity index (χ3v) is 5.09. The van der Waals surface area contributed by atoms with Gasteiger partial charge in [-0.2, -0.15) is 4.80 Å². The van der Waals surface area contributed by atoms with Crippen LogP contribution in [0.25, 0.3) is 6.08 Å². The molecule has 0 saturated carbocycles. The predicted octanol–water partition coefficient (Wildman–Crippen LogP) is 1.45. The van der Waals surface area contributed by atoms with Crippen LogP contribution in [-0.2, 0) is 20.9 Å². The van der Waals surface area contributed by atoms with Crippen molar-refractivity contribution >= 4 is 29.5 Å². The van der Waals surface area contributed by atoms with Crippen LogP contribution in [0.5, 0.6) is 0 Å². The van der Waals surface area contributed by atoms with Crippen LogP contribution in [0, 0.1) is 6.92 Å². The van der Waals surface area contributed by atoms with Crippen LogP contribution < -0.4 is 5.32 Å². The van der Waals surface area contributed by atoms with Crippen molar-refractivity contribution in [3.05, 3.63) is 46.2 Å². The lowest BCUT2D eigenvalue weighted by molar-refractivity contribution is -0.132. The highest BCUT2D eigenvalue weighted by Crippen LogP contribution is 2.19. The maximum atomic E-state index is 12.6. The summed E-state index contributed by atoms with van der Waals surface area (Å²) < 4.78 is 5.58. The van der Waals surface area contributed by atoms with E-state index in [2.05, 4.69) is 20.7 Å². The SMILES string of the molecule is CNC(=O)COC1CCN(C(=O)/C=C/c2ccc(Cl)cc2Cn2nnc(C)n2)CC1. The second-order valence-electron chi connectivity index (χ2n) is 7.05. The summed E-state index contributed by atoms with van der Waals surface area (Å²) in [5.41, 5.74) is 1.76. The van der Waals surface area contributed by atoms with E-state index in [1.165, 1.54) is 4.80 Å². The van der Waals surface area contributed by atoms with Gasteiger partial charge in [0.2, 0.25) is 11.8 Å². The fraction of sp³-hybridized carbons (Fsp3) is 0.450. The maximum absolute atomic E-state index is 12.6. The number of carbonyl (C=O) groups excluding carboxylic acids is 2. The van der Waals surface area contributed by atoms with Crippen LogP contribution in [-0.4, -0.2) is 69.8 Å². The minimum atomic E-state index is -0.147. The number of tetrazole rings is 1. The number of nitrogens with zero attached hydrogens (tertiary/aromatic N) is 5. The number of aryl methyl sites for hydroxylation is 1. The van der Waals surface area contributed by atoms with Crippen LogP contribution in [0.3, 0.4) is 0 Å². The number of aromatic nitrogens is 4. The van der Waals surface area contributed by atoms with Gasteiger partial charge in [0.05, 0.1) is 12.6 Å². The van der Waals surface area contributed by atoms with Crippen molar-refractivity contribution in [2.75, 3.05) is 26.7 Å². The number of hydrogen-bond acceptors (Lipinski definition) is 6. The van der Waals surface area contributed by atoms with Gasteiger partial charge < -0.3 is 15.0 Å². The molecule has 0 aliphatic carbocycles.